The molecule has 0 fully saturated rings. The molecule has 0 rings (SSSR count). The summed E-state index contributed by atoms with van der Waals surface area (Å²) < 4.78 is 0. The molecule has 1 unspecified atom stereocenters. The first-order valence-electron chi connectivity index (χ1n) is 4.54. The summed E-state index contributed by atoms with van der Waals surface area (Å²) in [5.41, 5.74) is 1.75. The van der Waals surface area contributed by atoms with Gasteiger partial charge in [-0.25, -0.2) is 0 Å². The molecule has 1 atom stereocenters. The minimum Gasteiger partial charge on any atom is -0.438 e. The normalized spacial score (nSPS) is 14.1. The highest BCUT2D eigenvalue weighted by atomic mass is 28.2. The van der Waals surface area contributed by atoms with E-state index in [0.29, 0.717) is 5.54 Å². The Labute approximate surface area is 72.5 Å². The van der Waals surface area contributed by atoms with Crippen molar-refractivity contribution in [2.45, 2.75) is 45.1 Å². The highest BCUT2D eigenvalue weighted by molar-refractivity contribution is 6.29. The van der Waals surface area contributed by atoms with Gasteiger partial charge in [0.2, 0.25) is 0 Å². The van der Waals surface area contributed by atoms with Gasteiger partial charge >= 0.3 is 0 Å². The van der Waals surface area contributed by atoms with Gasteiger partial charge in [0.15, 0.2) is 9.76 Å². The van der Waals surface area contributed by atoms with Crippen LogP contribution in [0, 0.1) is 0 Å². The maximum atomic E-state index is 9.07. The zero-order valence-electron chi connectivity index (χ0n) is 7.77. The fraction of sp³-hybridized carbons (Fsp3) is 0.778. The van der Waals surface area contributed by atoms with Gasteiger partial charge in [0.25, 0.3) is 0 Å². The van der Waals surface area contributed by atoms with Crippen molar-refractivity contribution in [2.24, 2.45) is 0 Å². The van der Waals surface area contributed by atoms with Crippen LogP contribution in [0.3, 0.4) is 0 Å². The number of allylic oxidation sites excluding steroid dienone is 1. The van der Waals surface area contributed by atoms with Crippen molar-refractivity contribution in [3.8, 4) is 0 Å². The molecule has 0 radical (unpaired) electrons. The molecule has 11 heavy (non-hydrogen) atoms. The number of hydrogen-bond acceptors (Lipinski definition) is 1. The van der Waals surface area contributed by atoms with Gasteiger partial charge in [-0.05, 0) is 18.4 Å². The third kappa shape index (κ3) is 4.38. The van der Waals surface area contributed by atoms with Gasteiger partial charge in [0.05, 0.1) is 0 Å². The molecule has 2 heteroatoms. The second kappa shape index (κ2) is 6.62. The summed E-state index contributed by atoms with van der Waals surface area (Å²) in [5, 5.41) is 0. The minimum atomic E-state index is -0.847. The van der Waals surface area contributed by atoms with E-state index in [1.165, 1.54) is 18.4 Å². The lowest BCUT2D eigenvalue weighted by Crippen LogP contribution is -2.04. The van der Waals surface area contributed by atoms with Gasteiger partial charge in [-0.1, -0.05) is 38.8 Å². The first kappa shape index (κ1) is 10.9. The second-order valence-electron chi connectivity index (χ2n) is 3.05. The molecule has 0 aliphatic rings. The van der Waals surface area contributed by atoms with Crippen LogP contribution in [0.2, 0.25) is 5.54 Å². The van der Waals surface area contributed by atoms with E-state index < -0.39 is 9.76 Å². The van der Waals surface area contributed by atoms with Crippen molar-refractivity contribution in [3.63, 3.8) is 0 Å². The SMILES string of the molecule is C=C(CCCC)C(CC)[SiH2]O. The largest absolute Gasteiger partial charge is 0.438 e. The zero-order valence-corrected chi connectivity index (χ0v) is 9.18. The molecule has 1 N–H and O–H groups in total. The van der Waals surface area contributed by atoms with E-state index >= 15 is 0 Å². The summed E-state index contributed by atoms with van der Waals surface area (Å²) >= 11 is 0. The summed E-state index contributed by atoms with van der Waals surface area (Å²) in [6.45, 7) is 8.32. The average Bonchev–Trinajstić information content (AvgIpc) is 2.03. The predicted molar refractivity (Wildman–Crippen MR) is 53.5 cm³/mol. The maximum absolute atomic E-state index is 9.07. The molecule has 0 saturated heterocycles. The molecule has 0 aromatic heterocycles. The maximum Gasteiger partial charge on any atom is 0.163 e. The van der Waals surface area contributed by atoms with Crippen molar-refractivity contribution >= 4 is 9.76 Å². The summed E-state index contributed by atoms with van der Waals surface area (Å²) in [6.07, 6.45) is 4.64. The van der Waals surface area contributed by atoms with Gasteiger partial charge < -0.3 is 4.80 Å². The molecule has 0 saturated carbocycles. The van der Waals surface area contributed by atoms with E-state index in [9.17, 15) is 0 Å². The molecule has 0 aromatic carbocycles. The van der Waals surface area contributed by atoms with Crippen LogP contribution in [0.1, 0.15) is 39.5 Å². The van der Waals surface area contributed by atoms with E-state index in [1.807, 2.05) is 0 Å². The Balaban J connectivity index is 3.61. The van der Waals surface area contributed by atoms with Crippen LogP contribution >= 0.6 is 0 Å². The van der Waals surface area contributed by atoms with E-state index in [2.05, 4.69) is 20.4 Å². The minimum absolute atomic E-state index is 0.474. The summed E-state index contributed by atoms with van der Waals surface area (Å²) in [7, 11) is -0.847. The molecule has 0 amide bonds. The summed E-state index contributed by atoms with van der Waals surface area (Å²) in [4.78, 5) is 9.07. The van der Waals surface area contributed by atoms with Crippen molar-refractivity contribution < 1.29 is 4.80 Å². The molecule has 0 spiro atoms. The van der Waals surface area contributed by atoms with Crippen LogP contribution in [-0.2, 0) is 0 Å². The highest BCUT2D eigenvalue weighted by Crippen LogP contribution is 2.22. The standard InChI is InChI=1S/C9H20OSi/c1-4-6-7-8(3)9(5-2)11-10/h9-10H,3-7,11H2,1-2H3. The Kier molecular flexibility index (Phi) is 6.57. The van der Waals surface area contributed by atoms with Gasteiger partial charge in [0, 0.05) is 0 Å². The lowest BCUT2D eigenvalue weighted by Gasteiger charge is -2.13. The highest BCUT2D eigenvalue weighted by Gasteiger charge is 2.08. The van der Waals surface area contributed by atoms with E-state index in [4.69, 9.17) is 4.80 Å². The topological polar surface area (TPSA) is 20.2 Å². The van der Waals surface area contributed by atoms with Crippen molar-refractivity contribution in [3.05, 3.63) is 12.2 Å². The van der Waals surface area contributed by atoms with Crippen LogP contribution in [0.4, 0.5) is 0 Å². The van der Waals surface area contributed by atoms with E-state index in [1.54, 1.807) is 0 Å². The molecule has 0 aromatic rings. The van der Waals surface area contributed by atoms with Crippen molar-refractivity contribution in [2.75, 3.05) is 0 Å². The van der Waals surface area contributed by atoms with Crippen LogP contribution in [0.15, 0.2) is 12.2 Å². The van der Waals surface area contributed by atoms with Gasteiger partial charge in [-0.2, -0.15) is 0 Å². The molecule has 0 aliphatic heterocycles. The lowest BCUT2D eigenvalue weighted by molar-refractivity contribution is 0.576. The van der Waals surface area contributed by atoms with Crippen LogP contribution < -0.4 is 0 Å². The molecular weight excluding hydrogens is 152 g/mol. The van der Waals surface area contributed by atoms with Crippen LogP contribution in [0.25, 0.3) is 0 Å². The Morgan fingerprint density at radius 3 is 2.55 bits per heavy atom. The molecular formula is C9H20OSi. The Morgan fingerprint density at radius 2 is 2.18 bits per heavy atom. The van der Waals surface area contributed by atoms with Gasteiger partial charge in [0.1, 0.15) is 0 Å². The van der Waals surface area contributed by atoms with Gasteiger partial charge in [-0.3, -0.25) is 0 Å². The van der Waals surface area contributed by atoms with Crippen LogP contribution in [0.5, 0.6) is 0 Å². The quantitative estimate of drug-likeness (QED) is 0.480. The molecule has 66 valence electrons. The Bertz CT molecular complexity index is 108. The molecule has 1 nitrogen and oxygen atoms in total. The van der Waals surface area contributed by atoms with Crippen molar-refractivity contribution in [1.82, 2.24) is 0 Å². The fourth-order valence-electron chi connectivity index (χ4n) is 1.15. The number of unbranched alkanes of at least 4 members (excludes halogenated alkanes) is 1. The number of hydrogen-bond donors (Lipinski definition) is 1. The van der Waals surface area contributed by atoms with E-state index in [-0.39, 0.29) is 0 Å². The average molecular weight is 172 g/mol. The zero-order chi connectivity index (χ0) is 8.69. The molecule has 0 bridgehead atoms. The molecule has 0 heterocycles. The van der Waals surface area contributed by atoms with Crippen LogP contribution in [-0.4, -0.2) is 14.6 Å². The monoisotopic (exact) mass is 172 g/mol. The Hall–Kier alpha value is -0.0831. The fourth-order valence-corrected chi connectivity index (χ4v) is 1.88. The van der Waals surface area contributed by atoms with E-state index in [0.717, 1.165) is 12.8 Å². The van der Waals surface area contributed by atoms with Crippen molar-refractivity contribution in [1.29, 1.82) is 0 Å². The third-order valence-corrected chi connectivity index (χ3v) is 3.74. The third-order valence-electron chi connectivity index (χ3n) is 2.14. The first-order chi connectivity index (χ1) is 5.26. The van der Waals surface area contributed by atoms with Gasteiger partial charge in [-0.15, -0.1) is 0 Å². The predicted octanol–water partition coefficient (Wildman–Crippen LogP) is 2.01. The number of rotatable bonds is 6. The first-order valence-corrected chi connectivity index (χ1v) is 5.99. The summed E-state index contributed by atoms with van der Waals surface area (Å²) in [6, 6.07) is 0. The smallest absolute Gasteiger partial charge is 0.163 e. The lowest BCUT2D eigenvalue weighted by atomic mass is 10.1. The molecule has 0 aliphatic carbocycles. The Morgan fingerprint density at radius 1 is 1.55 bits per heavy atom. The summed E-state index contributed by atoms with van der Waals surface area (Å²) in [5.74, 6) is 0. The second-order valence-corrected chi connectivity index (χ2v) is 4.40.